The highest BCUT2D eigenvalue weighted by atomic mass is 79.9. The number of aromatic hydroxyl groups is 2. The molecule has 0 aliphatic heterocycles. The fourth-order valence-electron chi connectivity index (χ4n) is 1.62. The predicted octanol–water partition coefficient (Wildman–Crippen LogP) is 1.49. The van der Waals surface area contributed by atoms with E-state index in [1.54, 1.807) is 0 Å². The summed E-state index contributed by atoms with van der Waals surface area (Å²) < 4.78 is 7.06. The molecule has 0 saturated carbocycles. The number of phenols is 2. The molecular formula is C11H12BrNO5. The molecule has 0 aromatic heterocycles. The highest BCUT2D eigenvalue weighted by Gasteiger charge is 2.25. The Bertz CT molecular complexity index is 501. The normalized spacial score (nSPS) is 10.2. The van der Waals surface area contributed by atoms with Crippen LogP contribution in [0.3, 0.4) is 0 Å². The van der Waals surface area contributed by atoms with Crippen LogP contribution < -0.4 is 4.34 Å². The highest BCUT2D eigenvalue weighted by molar-refractivity contribution is 9.08. The first-order chi connectivity index (χ1) is 8.43. The minimum atomic E-state index is -0.911. The van der Waals surface area contributed by atoms with E-state index in [1.165, 1.54) is 13.0 Å². The zero-order valence-electron chi connectivity index (χ0n) is 9.78. The number of hydrogen-bond donors (Lipinski definition) is 3. The lowest BCUT2D eigenvalue weighted by Gasteiger charge is -2.13. The van der Waals surface area contributed by atoms with E-state index in [2.05, 4.69) is 25.2 Å². The van der Waals surface area contributed by atoms with Crippen molar-refractivity contribution in [3.63, 3.8) is 0 Å². The van der Waals surface area contributed by atoms with Crippen LogP contribution in [0, 0.1) is 0 Å². The molecule has 0 bridgehead atoms. The molecule has 1 aromatic carbocycles. The average molecular weight is 318 g/mol. The first-order valence-electron chi connectivity index (χ1n) is 4.94. The van der Waals surface area contributed by atoms with E-state index in [9.17, 15) is 19.8 Å². The summed E-state index contributed by atoms with van der Waals surface area (Å²) in [4.78, 5) is 22.9. The summed E-state index contributed by atoms with van der Waals surface area (Å²) in [5.41, 5.74) is -0.0804. The summed E-state index contributed by atoms with van der Waals surface area (Å²) in [6.07, 6.45) is 0. The first-order valence-corrected chi connectivity index (χ1v) is 5.73. The lowest BCUT2D eigenvalue weighted by atomic mass is 9.98. The Morgan fingerprint density at radius 3 is 2.44 bits per heavy atom. The summed E-state index contributed by atoms with van der Waals surface area (Å²) in [6, 6.07) is 1.23. The third kappa shape index (κ3) is 2.62. The Morgan fingerprint density at radius 1 is 1.39 bits per heavy atom. The molecule has 0 atom stereocenters. The molecule has 6 nitrogen and oxygen atoms in total. The smallest absolute Gasteiger partial charge is 0.345 e. The molecule has 18 heavy (non-hydrogen) atoms. The largest absolute Gasteiger partial charge is 0.507 e. The summed E-state index contributed by atoms with van der Waals surface area (Å²) in [5.74, 6) is -2.35. The van der Waals surface area contributed by atoms with Crippen molar-refractivity contribution in [3.8, 4) is 11.5 Å². The van der Waals surface area contributed by atoms with Crippen molar-refractivity contribution >= 4 is 27.9 Å². The van der Waals surface area contributed by atoms with E-state index >= 15 is 0 Å². The minimum absolute atomic E-state index is 0.0276. The summed E-state index contributed by atoms with van der Waals surface area (Å²) >= 11 is 2.96. The van der Waals surface area contributed by atoms with Crippen molar-refractivity contribution in [1.82, 2.24) is 4.34 Å². The number of esters is 1. The monoisotopic (exact) mass is 317 g/mol. The van der Waals surface area contributed by atoms with Crippen LogP contribution in [0.2, 0.25) is 0 Å². The van der Waals surface area contributed by atoms with Crippen LogP contribution in [-0.4, -0.2) is 29.1 Å². The van der Waals surface area contributed by atoms with E-state index in [4.69, 9.17) is 0 Å². The van der Waals surface area contributed by atoms with Crippen molar-refractivity contribution in [2.45, 2.75) is 13.5 Å². The van der Waals surface area contributed by atoms with Crippen molar-refractivity contribution in [1.29, 1.82) is 0 Å². The number of ether oxygens (including phenoxy) is 1. The second-order valence-corrected chi connectivity index (χ2v) is 4.07. The molecule has 3 N–H and O–H groups in total. The van der Waals surface area contributed by atoms with Crippen molar-refractivity contribution in [2.24, 2.45) is 0 Å². The van der Waals surface area contributed by atoms with Gasteiger partial charge in [-0.1, -0.05) is 0 Å². The van der Waals surface area contributed by atoms with Gasteiger partial charge in [0.1, 0.15) is 17.1 Å². The lowest BCUT2D eigenvalue weighted by molar-refractivity contribution is 0.0594. The van der Waals surface area contributed by atoms with E-state index in [-0.39, 0.29) is 12.1 Å². The van der Waals surface area contributed by atoms with E-state index in [0.29, 0.717) is 5.56 Å². The van der Waals surface area contributed by atoms with Gasteiger partial charge in [-0.05, 0) is 18.6 Å². The number of hydrogen-bond acceptors (Lipinski definition) is 6. The maximum Gasteiger partial charge on any atom is 0.345 e. The fourth-order valence-corrected chi connectivity index (χ4v) is 1.92. The highest BCUT2D eigenvalue weighted by Crippen LogP contribution is 2.34. The van der Waals surface area contributed by atoms with Gasteiger partial charge in [-0.15, -0.1) is 0 Å². The Kier molecular flexibility index (Phi) is 4.69. The van der Waals surface area contributed by atoms with Crippen molar-refractivity contribution < 1.29 is 24.5 Å². The van der Waals surface area contributed by atoms with Gasteiger partial charge in [0.15, 0.2) is 5.78 Å². The zero-order valence-corrected chi connectivity index (χ0v) is 11.4. The third-order valence-electron chi connectivity index (χ3n) is 2.36. The number of halogens is 1. The van der Waals surface area contributed by atoms with Crippen LogP contribution in [0.15, 0.2) is 6.07 Å². The van der Waals surface area contributed by atoms with Gasteiger partial charge in [0.25, 0.3) is 0 Å². The summed E-state index contributed by atoms with van der Waals surface area (Å²) in [6.45, 7) is 1.45. The molecular weight excluding hydrogens is 306 g/mol. The van der Waals surface area contributed by atoms with Gasteiger partial charge in [0, 0.05) is 22.7 Å². The number of benzene rings is 1. The maximum atomic E-state index is 11.5. The zero-order chi connectivity index (χ0) is 13.9. The Morgan fingerprint density at radius 2 is 2.00 bits per heavy atom. The van der Waals surface area contributed by atoms with Crippen LogP contribution in [0.25, 0.3) is 0 Å². The standard InChI is InChI=1S/C11H12BrNO5/c1-5(14)8-6(4-13-12)3-7(15)9(10(8)16)11(17)18-2/h3,13,15-16H,4H2,1-2H3. The molecule has 0 heterocycles. The van der Waals surface area contributed by atoms with Gasteiger partial charge in [-0.25, -0.2) is 4.79 Å². The van der Waals surface area contributed by atoms with Crippen molar-refractivity contribution in [3.05, 3.63) is 22.8 Å². The number of carbonyl (C=O) groups excluding carboxylic acids is 2. The van der Waals surface area contributed by atoms with E-state index in [1.807, 2.05) is 0 Å². The molecule has 0 radical (unpaired) electrons. The van der Waals surface area contributed by atoms with Gasteiger partial charge < -0.3 is 14.9 Å². The second-order valence-electron chi connectivity index (χ2n) is 3.51. The molecule has 98 valence electrons. The molecule has 0 amide bonds. The number of Topliss-reactive ketones (excluding diaryl/α,β-unsaturated/α-hetero) is 1. The fraction of sp³-hybridized carbons (Fsp3) is 0.273. The van der Waals surface area contributed by atoms with E-state index in [0.717, 1.165) is 7.11 Å². The number of ketones is 1. The molecule has 0 saturated heterocycles. The predicted molar refractivity (Wildman–Crippen MR) is 66.9 cm³/mol. The van der Waals surface area contributed by atoms with Crippen LogP contribution in [-0.2, 0) is 11.3 Å². The van der Waals surface area contributed by atoms with Gasteiger partial charge in [0.2, 0.25) is 0 Å². The van der Waals surface area contributed by atoms with Gasteiger partial charge >= 0.3 is 5.97 Å². The molecule has 0 unspecified atom stereocenters. The van der Waals surface area contributed by atoms with Gasteiger partial charge in [-0.2, -0.15) is 0 Å². The average Bonchev–Trinajstić information content (AvgIpc) is 2.27. The topological polar surface area (TPSA) is 95.9 Å². The van der Waals surface area contributed by atoms with Gasteiger partial charge in [0.05, 0.1) is 12.7 Å². The molecule has 0 spiro atoms. The molecule has 1 rings (SSSR count). The number of rotatable bonds is 4. The second kappa shape index (κ2) is 5.83. The van der Waals surface area contributed by atoms with Crippen LogP contribution in [0.5, 0.6) is 11.5 Å². The molecule has 0 aliphatic rings. The summed E-state index contributed by atoms with van der Waals surface area (Å²) in [7, 11) is 1.11. The molecule has 0 aliphatic carbocycles. The minimum Gasteiger partial charge on any atom is -0.507 e. The quantitative estimate of drug-likeness (QED) is 0.442. The Labute approximate surface area is 112 Å². The SMILES string of the molecule is COC(=O)c1c(O)cc(CNBr)c(C(C)=O)c1O. The Balaban J connectivity index is 3.55. The summed E-state index contributed by atoms with van der Waals surface area (Å²) in [5, 5.41) is 19.6. The van der Waals surface area contributed by atoms with Crippen LogP contribution in [0.4, 0.5) is 0 Å². The Hall–Kier alpha value is -1.60. The van der Waals surface area contributed by atoms with Crippen LogP contribution >= 0.6 is 16.1 Å². The number of methoxy groups -OCH3 is 1. The number of nitrogens with one attached hydrogen (secondary N) is 1. The van der Waals surface area contributed by atoms with Crippen LogP contribution in [0.1, 0.15) is 33.2 Å². The molecule has 1 aromatic rings. The maximum absolute atomic E-state index is 11.5. The molecule has 0 fully saturated rings. The lowest BCUT2D eigenvalue weighted by Crippen LogP contribution is -2.10. The number of carbonyl (C=O) groups is 2. The first kappa shape index (κ1) is 14.5. The third-order valence-corrected chi connectivity index (χ3v) is 2.64. The van der Waals surface area contributed by atoms with E-state index < -0.39 is 28.8 Å². The molecule has 7 heteroatoms. The van der Waals surface area contributed by atoms with Gasteiger partial charge in [-0.3, -0.25) is 9.14 Å². The number of phenolic OH excluding ortho intramolecular Hbond substituents is 2. The van der Waals surface area contributed by atoms with Crippen molar-refractivity contribution in [2.75, 3.05) is 7.11 Å².